The monoisotopic (exact) mass is 414 g/mol. The van der Waals surface area contributed by atoms with Crippen molar-refractivity contribution < 1.29 is 14.3 Å². The molecule has 154 valence electrons. The second kappa shape index (κ2) is 10.3. The van der Waals surface area contributed by atoms with Crippen LogP contribution in [0.5, 0.6) is 5.75 Å². The molecule has 2 aromatic rings. The summed E-state index contributed by atoms with van der Waals surface area (Å²) >= 11 is 6.23. The Labute approximate surface area is 176 Å². The summed E-state index contributed by atoms with van der Waals surface area (Å²) in [5, 5.41) is 6.26. The number of nitrogens with one attached hydrogen (secondary N) is 2. The normalized spacial score (nSPS) is 14.3. The van der Waals surface area contributed by atoms with Crippen molar-refractivity contribution in [1.29, 1.82) is 0 Å². The number of carbonyl (C=O) groups excluding carboxylic acids is 2. The van der Waals surface area contributed by atoms with E-state index in [0.717, 1.165) is 37.9 Å². The molecule has 0 aromatic heterocycles. The highest BCUT2D eigenvalue weighted by molar-refractivity contribution is 6.34. The molecule has 0 bridgehead atoms. The number of hydrogen-bond acceptors (Lipinski definition) is 3. The van der Waals surface area contributed by atoms with Gasteiger partial charge in [-0.15, -0.1) is 0 Å². The quantitative estimate of drug-likeness (QED) is 0.633. The van der Waals surface area contributed by atoms with Crippen molar-refractivity contribution in [3.63, 3.8) is 0 Å². The molecular weight excluding hydrogens is 388 g/mol. The highest BCUT2D eigenvalue weighted by atomic mass is 35.5. The lowest BCUT2D eigenvalue weighted by atomic mass is 9.95. The van der Waals surface area contributed by atoms with Crippen LogP contribution in [0.15, 0.2) is 42.5 Å². The van der Waals surface area contributed by atoms with Gasteiger partial charge >= 0.3 is 0 Å². The highest BCUT2D eigenvalue weighted by Gasteiger charge is 2.19. The van der Waals surface area contributed by atoms with E-state index in [1.807, 2.05) is 6.92 Å². The lowest BCUT2D eigenvalue weighted by Crippen LogP contribution is -2.36. The molecule has 0 heterocycles. The summed E-state index contributed by atoms with van der Waals surface area (Å²) in [7, 11) is 0. The van der Waals surface area contributed by atoms with Crippen molar-refractivity contribution in [3.8, 4) is 5.75 Å². The smallest absolute Gasteiger partial charge is 0.255 e. The van der Waals surface area contributed by atoms with Crippen molar-refractivity contribution in [2.45, 2.75) is 51.5 Å². The van der Waals surface area contributed by atoms with Gasteiger partial charge in [-0.05, 0) is 61.7 Å². The van der Waals surface area contributed by atoms with Gasteiger partial charge in [0.2, 0.25) is 0 Å². The zero-order valence-corrected chi connectivity index (χ0v) is 17.4. The summed E-state index contributed by atoms with van der Waals surface area (Å²) in [5.74, 6) is 0.278. The first-order chi connectivity index (χ1) is 14.1. The van der Waals surface area contributed by atoms with E-state index < -0.39 is 0 Å². The first kappa shape index (κ1) is 21.2. The predicted molar refractivity (Wildman–Crippen MR) is 116 cm³/mol. The maximum atomic E-state index is 12.6. The van der Waals surface area contributed by atoms with Crippen LogP contribution in [0.3, 0.4) is 0 Å². The maximum Gasteiger partial charge on any atom is 0.255 e. The van der Waals surface area contributed by atoms with Gasteiger partial charge in [-0.25, -0.2) is 0 Å². The minimum Gasteiger partial charge on any atom is -0.494 e. The van der Waals surface area contributed by atoms with Gasteiger partial charge in [0.1, 0.15) is 5.75 Å². The molecule has 3 rings (SSSR count). The number of amides is 2. The molecule has 1 fully saturated rings. The average molecular weight is 415 g/mol. The number of hydrogen-bond donors (Lipinski definition) is 2. The lowest BCUT2D eigenvalue weighted by molar-refractivity contribution is 0.0926. The topological polar surface area (TPSA) is 67.4 Å². The summed E-state index contributed by atoms with van der Waals surface area (Å²) in [5.41, 5.74) is 1.41. The van der Waals surface area contributed by atoms with Gasteiger partial charge in [0.25, 0.3) is 11.8 Å². The summed E-state index contributed by atoms with van der Waals surface area (Å²) < 4.78 is 5.53. The fourth-order valence-electron chi connectivity index (χ4n) is 3.41. The molecule has 6 heteroatoms. The van der Waals surface area contributed by atoms with E-state index in [2.05, 4.69) is 10.6 Å². The van der Waals surface area contributed by atoms with Gasteiger partial charge in [-0.2, -0.15) is 0 Å². The van der Waals surface area contributed by atoms with E-state index in [0.29, 0.717) is 28.4 Å². The largest absolute Gasteiger partial charge is 0.494 e. The van der Waals surface area contributed by atoms with E-state index >= 15 is 0 Å². The molecule has 5 nitrogen and oxygen atoms in total. The fraction of sp³-hybridized carbons (Fsp3) is 0.391. The first-order valence-corrected chi connectivity index (χ1v) is 10.6. The number of halogens is 1. The molecule has 29 heavy (non-hydrogen) atoms. The zero-order chi connectivity index (χ0) is 20.6. The summed E-state index contributed by atoms with van der Waals surface area (Å²) in [4.78, 5) is 25.2. The Morgan fingerprint density at radius 1 is 1.03 bits per heavy atom. The third-order valence-electron chi connectivity index (χ3n) is 5.00. The van der Waals surface area contributed by atoms with Gasteiger partial charge < -0.3 is 15.4 Å². The Hall–Kier alpha value is -2.53. The van der Waals surface area contributed by atoms with Crippen molar-refractivity contribution >= 4 is 29.1 Å². The number of carbonyl (C=O) groups is 2. The van der Waals surface area contributed by atoms with Crippen molar-refractivity contribution in [2.24, 2.45) is 0 Å². The Kier molecular flexibility index (Phi) is 7.53. The minimum absolute atomic E-state index is 0.194. The number of anilines is 1. The van der Waals surface area contributed by atoms with Crippen LogP contribution in [0.4, 0.5) is 5.69 Å². The lowest BCUT2D eigenvalue weighted by Gasteiger charge is -2.23. The van der Waals surface area contributed by atoms with Gasteiger partial charge in [0.05, 0.1) is 17.2 Å². The number of ether oxygens (including phenoxy) is 1. The fourth-order valence-corrected chi connectivity index (χ4v) is 3.62. The van der Waals surface area contributed by atoms with Crippen LogP contribution >= 0.6 is 11.6 Å². The number of rotatable bonds is 7. The molecule has 1 saturated carbocycles. The van der Waals surface area contributed by atoms with Gasteiger partial charge in [0.15, 0.2) is 0 Å². The standard InChI is InChI=1S/C23H27ClN2O3/c1-2-14-29-19-11-8-16(9-12-19)22(27)26-18-10-13-21(24)20(15-18)23(28)25-17-6-4-3-5-7-17/h8-13,15,17H,2-7,14H2,1H3,(H,25,28)(H,26,27). The SMILES string of the molecule is CCCOc1ccc(C(=O)Nc2ccc(Cl)c(C(=O)NC3CCCCC3)c2)cc1. The van der Waals surface area contributed by atoms with Crippen LogP contribution in [-0.4, -0.2) is 24.5 Å². The van der Waals surface area contributed by atoms with E-state index in [1.165, 1.54) is 6.42 Å². The van der Waals surface area contributed by atoms with Crippen molar-refractivity contribution in [3.05, 3.63) is 58.6 Å². The van der Waals surface area contributed by atoms with Crippen LogP contribution < -0.4 is 15.4 Å². The molecule has 0 atom stereocenters. The third-order valence-corrected chi connectivity index (χ3v) is 5.33. The summed E-state index contributed by atoms with van der Waals surface area (Å²) in [6.45, 7) is 2.68. The molecule has 2 N–H and O–H groups in total. The first-order valence-electron chi connectivity index (χ1n) is 10.2. The van der Waals surface area contributed by atoms with Gasteiger partial charge in [0, 0.05) is 17.3 Å². The zero-order valence-electron chi connectivity index (χ0n) is 16.7. The van der Waals surface area contributed by atoms with Crippen LogP contribution in [0.2, 0.25) is 5.02 Å². The second-order valence-corrected chi connectivity index (χ2v) is 7.74. The van der Waals surface area contributed by atoms with Crippen LogP contribution in [0.25, 0.3) is 0 Å². The summed E-state index contributed by atoms with van der Waals surface area (Å²) in [6, 6.07) is 12.1. The molecule has 2 aromatic carbocycles. The minimum atomic E-state index is -0.256. The second-order valence-electron chi connectivity index (χ2n) is 7.33. The molecular formula is C23H27ClN2O3. The van der Waals surface area contributed by atoms with Gasteiger partial charge in [-0.3, -0.25) is 9.59 Å². The molecule has 0 radical (unpaired) electrons. The highest BCUT2D eigenvalue weighted by Crippen LogP contribution is 2.23. The summed E-state index contributed by atoms with van der Waals surface area (Å²) in [6.07, 6.45) is 6.42. The Bertz CT molecular complexity index is 846. The predicted octanol–water partition coefficient (Wildman–Crippen LogP) is 5.44. The van der Waals surface area contributed by atoms with E-state index in [4.69, 9.17) is 16.3 Å². The molecule has 0 spiro atoms. The van der Waals surface area contributed by atoms with E-state index in [9.17, 15) is 9.59 Å². The van der Waals surface area contributed by atoms with Gasteiger partial charge in [-0.1, -0.05) is 37.8 Å². The van der Waals surface area contributed by atoms with Crippen LogP contribution in [0, 0.1) is 0 Å². The van der Waals surface area contributed by atoms with Crippen LogP contribution in [0.1, 0.15) is 66.2 Å². The molecule has 1 aliphatic carbocycles. The average Bonchev–Trinajstić information content (AvgIpc) is 2.74. The molecule has 0 aliphatic heterocycles. The van der Waals surface area contributed by atoms with Crippen LogP contribution in [-0.2, 0) is 0 Å². The third kappa shape index (κ3) is 5.97. The van der Waals surface area contributed by atoms with E-state index in [-0.39, 0.29) is 17.9 Å². The Morgan fingerprint density at radius 3 is 2.45 bits per heavy atom. The maximum absolute atomic E-state index is 12.6. The van der Waals surface area contributed by atoms with E-state index in [1.54, 1.807) is 42.5 Å². The number of benzene rings is 2. The molecule has 2 amide bonds. The van der Waals surface area contributed by atoms with Crippen molar-refractivity contribution in [1.82, 2.24) is 5.32 Å². The molecule has 0 saturated heterocycles. The van der Waals surface area contributed by atoms with Crippen molar-refractivity contribution in [2.75, 3.05) is 11.9 Å². The molecule has 0 unspecified atom stereocenters. The Morgan fingerprint density at radius 2 is 1.76 bits per heavy atom. The Balaban J connectivity index is 1.65. The molecule has 1 aliphatic rings.